The number of rotatable bonds is 1. The Morgan fingerprint density at radius 2 is 2.19 bits per heavy atom. The first-order chi connectivity index (χ1) is 7.68. The normalized spacial score (nSPS) is 16.8. The van der Waals surface area contributed by atoms with E-state index in [1.165, 1.54) is 0 Å². The summed E-state index contributed by atoms with van der Waals surface area (Å²) in [6.45, 7) is 2.08. The van der Waals surface area contributed by atoms with Gasteiger partial charge in [0.15, 0.2) is 0 Å². The largest absolute Gasteiger partial charge is 0.396 e. The highest BCUT2D eigenvalue weighted by Gasteiger charge is 2.16. The lowest BCUT2D eigenvalue weighted by Gasteiger charge is -2.23. The van der Waals surface area contributed by atoms with Crippen LogP contribution >= 0.6 is 11.6 Å². The van der Waals surface area contributed by atoms with Crippen molar-refractivity contribution in [3.8, 4) is 0 Å². The van der Waals surface area contributed by atoms with Crippen molar-refractivity contribution in [3.05, 3.63) is 23.2 Å². The quantitative estimate of drug-likeness (QED) is 0.726. The van der Waals surface area contributed by atoms with Gasteiger partial charge in [-0.2, -0.15) is 0 Å². The van der Waals surface area contributed by atoms with Gasteiger partial charge in [-0.05, 0) is 12.1 Å². The molecular weight excluding hydrogens is 226 g/mol. The second-order valence-electron chi connectivity index (χ2n) is 3.76. The van der Waals surface area contributed by atoms with Crippen molar-refractivity contribution in [2.75, 3.05) is 30.3 Å². The van der Waals surface area contributed by atoms with Crippen LogP contribution in [-0.2, 0) is 4.79 Å². The molecule has 0 radical (unpaired) electrons. The molecule has 0 atom stereocenters. The molecule has 0 saturated carbocycles. The van der Waals surface area contributed by atoms with Gasteiger partial charge in [0.1, 0.15) is 0 Å². The van der Waals surface area contributed by atoms with E-state index in [0.29, 0.717) is 30.2 Å². The summed E-state index contributed by atoms with van der Waals surface area (Å²) in [5.74, 6) is 0.0862. The number of hydrogen-bond acceptors (Lipinski definition) is 3. The number of hydrogen-bond donors (Lipinski definition) is 2. The van der Waals surface area contributed by atoms with Crippen molar-refractivity contribution in [2.45, 2.75) is 6.42 Å². The number of halogens is 1. The molecule has 1 saturated heterocycles. The first-order valence-electron chi connectivity index (χ1n) is 5.24. The lowest BCUT2D eigenvalue weighted by atomic mass is 10.2. The van der Waals surface area contributed by atoms with E-state index < -0.39 is 0 Å². The van der Waals surface area contributed by atoms with Gasteiger partial charge in [0, 0.05) is 26.1 Å². The van der Waals surface area contributed by atoms with Gasteiger partial charge in [0.25, 0.3) is 0 Å². The Hall–Kier alpha value is -1.42. The highest BCUT2D eigenvalue weighted by atomic mass is 35.5. The first-order valence-corrected chi connectivity index (χ1v) is 5.62. The Labute approximate surface area is 99.4 Å². The standard InChI is InChI=1S/C11H14ClN3O/c12-8-2-1-3-9(11(8)13)15-6-4-10(16)14-5-7-15/h1-3H,4-7,13H2,(H,14,16). The van der Waals surface area contributed by atoms with E-state index in [2.05, 4.69) is 10.2 Å². The van der Waals surface area contributed by atoms with Crippen LogP contribution in [0.1, 0.15) is 6.42 Å². The molecule has 16 heavy (non-hydrogen) atoms. The molecule has 1 heterocycles. The van der Waals surface area contributed by atoms with Crippen LogP contribution in [0.2, 0.25) is 5.02 Å². The van der Waals surface area contributed by atoms with Crippen LogP contribution < -0.4 is 16.0 Å². The maximum absolute atomic E-state index is 11.2. The number of nitrogens with two attached hydrogens (primary N) is 1. The number of anilines is 2. The Morgan fingerprint density at radius 1 is 1.38 bits per heavy atom. The molecule has 1 aromatic rings. The summed E-state index contributed by atoms with van der Waals surface area (Å²) in [6.07, 6.45) is 0.492. The number of para-hydroxylation sites is 1. The first kappa shape index (κ1) is 11.1. The van der Waals surface area contributed by atoms with E-state index >= 15 is 0 Å². The van der Waals surface area contributed by atoms with Crippen molar-refractivity contribution >= 4 is 28.9 Å². The predicted molar refractivity (Wildman–Crippen MR) is 65.7 cm³/mol. The van der Waals surface area contributed by atoms with Crippen molar-refractivity contribution in [1.29, 1.82) is 0 Å². The van der Waals surface area contributed by atoms with Gasteiger partial charge in [0.05, 0.1) is 16.4 Å². The van der Waals surface area contributed by atoms with Gasteiger partial charge >= 0.3 is 0 Å². The molecule has 1 fully saturated rings. The average molecular weight is 240 g/mol. The number of carbonyl (C=O) groups excluding carboxylic acids is 1. The molecule has 0 aromatic heterocycles. The summed E-state index contributed by atoms with van der Waals surface area (Å²) >= 11 is 5.97. The molecule has 0 bridgehead atoms. The fourth-order valence-electron chi connectivity index (χ4n) is 1.81. The lowest BCUT2D eigenvalue weighted by Crippen LogP contribution is -2.28. The van der Waals surface area contributed by atoms with Gasteiger partial charge in [0.2, 0.25) is 5.91 Å². The van der Waals surface area contributed by atoms with E-state index in [4.69, 9.17) is 17.3 Å². The summed E-state index contributed by atoms with van der Waals surface area (Å²) < 4.78 is 0. The Morgan fingerprint density at radius 3 is 3.00 bits per heavy atom. The highest BCUT2D eigenvalue weighted by molar-refractivity contribution is 6.33. The third-order valence-electron chi connectivity index (χ3n) is 2.68. The zero-order chi connectivity index (χ0) is 11.5. The van der Waals surface area contributed by atoms with Gasteiger partial charge in [-0.25, -0.2) is 0 Å². The van der Waals surface area contributed by atoms with Crippen molar-refractivity contribution in [1.82, 2.24) is 5.32 Å². The average Bonchev–Trinajstić information content (AvgIpc) is 2.47. The SMILES string of the molecule is Nc1c(Cl)cccc1N1CCNC(=O)CC1. The molecule has 2 rings (SSSR count). The number of carbonyl (C=O) groups is 1. The van der Waals surface area contributed by atoms with Gasteiger partial charge < -0.3 is 16.0 Å². The summed E-state index contributed by atoms with van der Waals surface area (Å²) in [6, 6.07) is 5.56. The molecule has 4 nitrogen and oxygen atoms in total. The fourth-order valence-corrected chi connectivity index (χ4v) is 1.98. The molecule has 1 aliphatic heterocycles. The maximum atomic E-state index is 11.2. The summed E-state index contributed by atoms with van der Waals surface area (Å²) in [7, 11) is 0. The van der Waals surface area contributed by atoms with Crippen LogP contribution in [0.25, 0.3) is 0 Å². The minimum atomic E-state index is 0.0862. The summed E-state index contributed by atoms with van der Waals surface area (Å²) in [5, 5.41) is 3.38. The van der Waals surface area contributed by atoms with Gasteiger partial charge in [-0.15, -0.1) is 0 Å². The van der Waals surface area contributed by atoms with Crippen LogP contribution in [0, 0.1) is 0 Å². The number of benzene rings is 1. The monoisotopic (exact) mass is 239 g/mol. The third-order valence-corrected chi connectivity index (χ3v) is 3.01. The van der Waals surface area contributed by atoms with Gasteiger partial charge in [-0.3, -0.25) is 4.79 Å². The topological polar surface area (TPSA) is 58.4 Å². The summed E-state index contributed by atoms with van der Waals surface area (Å²) in [4.78, 5) is 13.3. The molecule has 5 heteroatoms. The minimum Gasteiger partial charge on any atom is -0.396 e. The second-order valence-corrected chi connectivity index (χ2v) is 4.17. The molecule has 0 unspecified atom stereocenters. The number of nitrogen functional groups attached to an aromatic ring is 1. The van der Waals surface area contributed by atoms with E-state index in [-0.39, 0.29) is 5.91 Å². The zero-order valence-corrected chi connectivity index (χ0v) is 9.63. The van der Waals surface area contributed by atoms with E-state index in [0.717, 1.165) is 12.2 Å². The fraction of sp³-hybridized carbons (Fsp3) is 0.364. The predicted octanol–water partition coefficient (Wildman–Crippen LogP) is 1.25. The van der Waals surface area contributed by atoms with Gasteiger partial charge in [-0.1, -0.05) is 17.7 Å². The summed E-state index contributed by atoms with van der Waals surface area (Å²) in [5.41, 5.74) is 7.41. The Balaban J connectivity index is 2.23. The van der Waals surface area contributed by atoms with E-state index in [9.17, 15) is 4.79 Å². The lowest BCUT2D eigenvalue weighted by molar-refractivity contribution is -0.120. The smallest absolute Gasteiger partial charge is 0.221 e. The third kappa shape index (κ3) is 2.22. The molecular formula is C11H14ClN3O. The second kappa shape index (κ2) is 4.61. The molecule has 1 amide bonds. The molecule has 1 aliphatic rings. The van der Waals surface area contributed by atoms with Crippen LogP contribution in [0.5, 0.6) is 0 Å². The highest BCUT2D eigenvalue weighted by Crippen LogP contribution is 2.30. The van der Waals surface area contributed by atoms with Crippen molar-refractivity contribution < 1.29 is 4.79 Å². The Bertz CT molecular complexity index is 408. The minimum absolute atomic E-state index is 0.0862. The molecule has 0 spiro atoms. The van der Waals surface area contributed by atoms with Crippen LogP contribution in [0.4, 0.5) is 11.4 Å². The maximum Gasteiger partial charge on any atom is 0.221 e. The number of nitrogens with zero attached hydrogens (tertiary/aromatic N) is 1. The van der Waals surface area contributed by atoms with E-state index in [1.807, 2.05) is 12.1 Å². The molecule has 86 valence electrons. The van der Waals surface area contributed by atoms with Crippen molar-refractivity contribution in [2.24, 2.45) is 0 Å². The molecule has 3 N–H and O–H groups in total. The van der Waals surface area contributed by atoms with Crippen molar-refractivity contribution in [3.63, 3.8) is 0 Å². The van der Waals surface area contributed by atoms with Crippen LogP contribution in [0.3, 0.4) is 0 Å². The molecule has 0 aliphatic carbocycles. The van der Waals surface area contributed by atoms with Crippen LogP contribution in [-0.4, -0.2) is 25.5 Å². The number of nitrogens with one attached hydrogen (secondary N) is 1. The molecule has 1 aromatic carbocycles. The number of amides is 1. The van der Waals surface area contributed by atoms with E-state index in [1.54, 1.807) is 6.07 Å². The van der Waals surface area contributed by atoms with Crippen LogP contribution in [0.15, 0.2) is 18.2 Å². The zero-order valence-electron chi connectivity index (χ0n) is 8.87. The Kier molecular flexibility index (Phi) is 3.19.